The van der Waals surface area contributed by atoms with Crippen molar-refractivity contribution in [2.75, 3.05) is 19.8 Å². The van der Waals surface area contributed by atoms with E-state index < -0.39 is 0 Å². The second kappa shape index (κ2) is 13.1. The maximum atomic E-state index is 12.6. The number of allylic oxidation sites excluding steroid dienone is 2. The molecule has 0 amide bonds. The number of rotatable bonds is 14. The lowest BCUT2D eigenvalue weighted by Crippen LogP contribution is -2.04. The summed E-state index contributed by atoms with van der Waals surface area (Å²) in [6.07, 6.45) is 9.34. The SMILES string of the molecule is C=CCOc1ccc(C(=O)/C=C/c2cc(OCCC)c(CC=C)c(OCCC)c2)cc1. The fourth-order valence-electron chi connectivity index (χ4n) is 2.90. The van der Waals surface area contributed by atoms with Crippen LogP contribution in [-0.4, -0.2) is 25.6 Å². The summed E-state index contributed by atoms with van der Waals surface area (Å²) in [6, 6.07) is 11.0. The van der Waals surface area contributed by atoms with E-state index in [9.17, 15) is 4.79 Å². The molecular weight excluding hydrogens is 388 g/mol. The van der Waals surface area contributed by atoms with E-state index in [2.05, 4.69) is 27.0 Å². The number of hydrogen-bond donors (Lipinski definition) is 0. The fraction of sp³-hybridized carbons (Fsp3) is 0.296. The highest BCUT2D eigenvalue weighted by Gasteiger charge is 2.12. The van der Waals surface area contributed by atoms with Gasteiger partial charge in [-0.25, -0.2) is 0 Å². The Kier molecular flexibility index (Phi) is 10.2. The minimum atomic E-state index is -0.0857. The molecule has 0 aliphatic rings. The van der Waals surface area contributed by atoms with Crippen LogP contribution in [0.1, 0.15) is 48.2 Å². The molecule has 31 heavy (non-hydrogen) atoms. The van der Waals surface area contributed by atoms with Gasteiger partial charge >= 0.3 is 0 Å². The van der Waals surface area contributed by atoms with Gasteiger partial charge in [-0.15, -0.1) is 6.58 Å². The van der Waals surface area contributed by atoms with Gasteiger partial charge in [-0.3, -0.25) is 4.79 Å². The standard InChI is InChI=1S/C27H32O4/c1-5-9-24-26(30-17-7-3)19-21(20-27(24)31-18-8-4)10-15-25(28)22-11-13-23(14-12-22)29-16-6-2/h5-6,10-15,19-20H,1-2,7-9,16-18H2,3-4H3/b15-10+. The van der Waals surface area contributed by atoms with Gasteiger partial charge in [0.2, 0.25) is 0 Å². The van der Waals surface area contributed by atoms with E-state index in [0.717, 1.165) is 35.5 Å². The van der Waals surface area contributed by atoms with Crippen molar-refractivity contribution in [1.82, 2.24) is 0 Å². The van der Waals surface area contributed by atoms with Gasteiger partial charge < -0.3 is 14.2 Å². The maximum Gasteiger partial charge on any atom is 0.185 e. The molecule has 2 aromatic carbocycles. The largest absolute Gasteiger partial charge is 0.493 e. The number of carbonyl (C=O) groups excluding carboxylic acids is 1. The van der Waals surface area contributed by atoms with Gasteiger partial charge in [0.1, 0.15) is 23.9 Å². The molecule has 2 rings (SSSR count). The zero-order valence-corrected chi connectivity index (χ0v) is 18.6. The summed E-state index contributed by atoms with van der Waals surface area (Å²) in [7, 11) is 0. The summed E-state index contributed by atoms with van der Waals surface area (Å²) >= 11 is 0. The summed E-state index contributed by atoms with van der Waals surface area (Å²) in [5.41, 5.74) is 2.43. The summed E-state index contributed by atoms with van der Waals surface area (Å²) < 4.78 is 17.4. The van der Waals surface area contributed by atoms with Crippen LogP contribution in [0.4, 0.5) is 0 Å². The molecule has 4 nitrogen and oxygen atoms in total. The Balaban J connectivity index is 2.26. The average Bonchev–Trinajstić information content (AvgIpc) is 2.80. The first-order valence-electron chi connectivity index (χ1n) is 10.7. The molecule has 164 valence electrons. The van der Waals surface area contributed by atoms with E-state index >= 15 is 0 Å². The Bertz CT molecular complexity index is 865. The zero-order chi connectivity index (χ0) is 22.5. The molecule has 0 aromatic heterocycles. The van der Waals surface area contributed by atoms with Crippen LogP contribution in [0.3, 0.4) is 0 Å². The maximum absolute atomic E-state index is 12.6. The molecule has 4 heteroatoms. The molecule has 0 spiro atoms. The van der Waals surface area contributed by atoms with Gasteiger partial charge in [0.05, 0.1) is 13.2 Å². The smallest absolute Gasteiger partial charge is 0.185 e. The highest BCUT2D eigenvalue weighted by atomic mass is 16.5. The van der Waals surface area contributed by atoms with Crippen LogP contribution in [0, 0.1) is 0 Å². The van der Waals surface area contributed by atoms with Crippen molar-refractivity contribution in [2.45, 2.75) is 33.1 Å². The Labute approximate surface area is 185 Å². The number of ketones is 1. The summed E-state index contributed by atoms with van der Waals surface area (Å²) in [4.78, 5) is 12.6. The quantitative estimate of drug-likeness (QED) is 0.200. The third-order valence-corrected chi connectivity index (χ3v) is 4.40. The number of carbonyl (C=O) groups is 1. The van der Waals surface area contributed by atoms with Gasteiger partial charge in [-0.05, 0) is 67.3 Å². The minimum Gasteiger partial charge on any atom is -0.493 e. The summed E-state index contributed by atoms with van der Waals surface area (Å²) in [5.74, 6) is 2.16. The lowest BCUT2D eigenvalue weighted by atomic mass is 10.0. The molecule has 0 N–H and O–H groups in total. The predicted octanol–water partition coefficient (Wildman–Crippen LogP) is 6.45. The van der Waals surface area contributed by atoms with E-state index in [1.807, 2.05) is 18.2 Å². The van der Waals surface area contributed by atoms with Crippen LogP contribution in [0.5, 0.6) is 17.2 Å². The molecule has 2 aromatic rings. The van der Waals surface area contributed by atoms with Crippen molar-refractivity contribution in [3.05, 3.63) is 84.5 Å². The van der Waals surface area contributed by atoms with E-state index in [-0.39, 0.29) is 5.78 Å². The number of ether oxygens (including phenoxy) is 3. The summed E-state index contributed by atoms with van der Waals surface area (Å²) in [6.45, 7) is 13.3. The van der Waals surface area contributed by atoms with Crippen molar-refractivity contribution in [2.24, 2.45) is 0 Å². The Hall–Kier alpha value is -3.27. The van der Waals surface area contributed by atoms with Gasteiger partial charge in [-0.1, -0.05) is 38.7 Å². The molecule has 0 bridgehead atoms. The monoisotopic (exact) mass is 420 g/mol. The molecule has 0 saturated carbocycles. The fourth-order valence-corrected chi connectivity index (χ4v) is 2.90. The van der Waals surface area contributed by atoms with Crippen molar-refractivity contribution in [3.8, 4) is 17.2 Å². The van der Waals surface area contributed by atoms with Crippen LogP contribution in [0.25, 0.3) is 6.08 Å². The van der Waals surface area contributed by atoms with Crippen molar-refractivity contribution in [3.63, 3.8) is 0 Å². The second-order valence-corrected chi connectivity index (χ2v) is 7.01. The van der Waals surface area contributed by atoms with E-state index in [0.29, 0.717) is 37.6 Å². The van der Waals surface area contributed by atoms with Crippen molar-refractivity contribution in [1.29, 1.82) is 0 Å². The molecule has 0 unspecified atom stereocenters. The zero-order valence-electron chi connectivity index (χ0n) is 18.6. The molecule has 0 fully saturated rings. The van der Waals surface area contributed by atoms with E-state index in [1.54, 1.807) is 42.5 Å². The van der Waals surface area contributed by atoms with Crippen LogP contribution >= 0.6 is 0 Å². The highest BCUT2D eigenvalue weighted by Crippen LogP contribution is 2.33. The third kappa shape index (κ3) is 7.49. The number of hydrogen-bond acceptors (Lipinski definition) is 4. The second-order valence-electron chi connectivity index (χ2n) is 7.01. The van der Waals surface area contributed by atoms with Crippen LogP contribution in [0.15, 0.2) is 67.8 Å². The first-order chi connectivity index (χ1) is 15.1. The van der Waals surface area contributed by atoms with Gasteiger partial charge in [0.15, 0.2) is 5.78 Å². The van der Waals surface area contributed by atoms with E-state index in [1.165, 1.54) is 0 Å². The third-order valence-electron chi connectivity index (χ3n) is 4.40. The molecule has 0 radical (unpaired) electrons. The normalized spacial score (nSPS) is 10.6. The lowest BCUT2D eigenvalue weighted by Gasteiger charge is -2.16. The first-order valence-corrected chi connectivity index (χ1v) is 10.7. The molecule has 0 atom stereocenters. The lowest BCUT2D eigenvalue weighted by molar-refractivity contribution is 0.104. The summed E-state index contributed by atoms with van der Waals surface area (Å²) in [5, 5.41) is 0. The Morgan fingerprint density at radius 2 is 1.52 bits per heavy atom. The molecule has 0 saturated heterocycles. The Morgan fingerprint density at radius 1 is 0.903 bits per heavy atom. The molecule has 0 aliphatic carbocycles. The average molecular weight is 421 g/mol. The van der Waals surface area contributed by atoms with Crippen LogP contribution in [0.2, 0.25) is 0 Å². The number of benzene rings is 2. The predicted molar refractivity (Wildman–Crippen MR) is 127 cm³/mol. The Morgan fingerprint density at radius 3 is 2.03 bits per heavy atom. The minimum absolute atomic E-state index is 0.0857. The van der Waals surface area contributed by atoms with Gasteiger partial charge in [0.25, 0.3) is 0 Å². The molecule has 0 aliphatic heterocycles. The van der Waals surface area contributed by atoms with Crippen LogP contribution < -0.4 is 14.2 Å². The topological polar surface area (TPSA) is 44.8 Å². The highest BCUT2D eigenvalue weighted by molar-refractivity contribution is 6.06. The van der Waals surface area contributed by atoms with E-state index in [4.69, 9.17) is 14.2 Å². The van der Waals surface area contributed by atoms with Gasteiger partial charge in [0, 0.05) is 11.1 Å². The van der Waals surface area contributed by atoms with Gasteiger partial charge in [-0.2, -0.15) is 0 Å². The molecular formula is C27H32O4. The van der Waals surface area contributed by atoms with Crippen LogP contribution in [-0.2, 0) is 6.42 Å². The van der Waals surface area contributed by atoms with Crippen molar-refractivity contribution >= 4 is 11.9 Å². The first kappa shape index (κ1) is 24.0. The molecule has 0 heterocycles. The van der Waals surface area contributed by atoms with Crippen molar-refractivity contribution < 1.29 is 19.0 Å².